The fraction of sp³-hybridized carbons (Fsp3) is 0.182. The van der Waals surface area contributed by atoms with Crippen LogP contribution in [0.2, 0.25) is 0 Å². The van der Waals surface area contributed by atoms with E-state index in [1.807, 2.05) is 38.2 Å². The van der Waals surface area contributed by atoms with Gasteiger partial charge in [-0.1, -0.05) is 0 Å². The van der Waals surface area contributed by atoms with Crippen molar-refractivity contribution in [3.05, 3.63) is 40.6 Å². The lowest BCUT2D eigenvalue weighted by Gasteiger charge is -2.01. The maximum atomic E-state index is 5.03. The highest BCUT2D eigenvalue weighted by molar-refractivity contribution is 7.71. The van der Waals surface area contributed by atoms with Gasteiger partial charge in [0.2, 0.25) is 0 Å². The topological polar surface area (TPSA) is 41.6 Å². The summed E-state index contributed by atoms with van der Waals surface area (Å²) in [5.41, 5.74) is 3.86. The van der Waals surface area contributed by atoms with Crippen LogP contribution in [0.5, 0.6) is 0 Å². The molecule has 0 aromatic carbocycles. The molecule has 76 valence electrons. The molecule has 4 heteroatoms. The smallest absolute Gasteiger partial charge is 0.197 e. The van der Waals surface area contributed by atoms with Crippen LogP contribution >= 0.6 is 12.2 Å². The van der Waals surface area contributed by atoms with Crippen molar-refractivity contribution in [2.45, 2.75) is 13.8 Å². The highest BCUT2D eigenvalue weighted by Gasteiger charge is 2.00. The summed E-state index contributed by atoms with van der Waals surface area (Å²) in [4.78, 5) is 11.5. The highest BCUT2D eigenvalue weighted by atomic mass is 32.1. The van der Waals surface area contributed by atoms with Crippen molar-refractivity contribution < 1.29 is 0 Å². The molecule has 2 aromatic rings. The normalized spacial score (nSPS) is 10.3. The molecular weight excluding hydrogens is 206 g/mol. The Hall–Kier alpha value is -1.55. The van der Waals surface area contributed by atoms with Crippen LogP contribution in [0.1, 0.15) is 11.4 Å². The van der Waals surface area contributed by atoms with Crippen LogP contribution in [0.4, 0.5) is 0 Å². The van der Waals surface area contributed by atoms with E-state index in [9.17, 15) is 0 Å². The Balaban J connectivity index is 2.54. The molecule has 0 spiro atoms. The zero-order valence-corrected chi connectivity index (χ0v) is 9.43. The minimum Gasteiger partial charge on any atom is -0.335 e. The van der Waals surface area contributed by atoms with Gasteiger partial charge in [0.05, 0.1) is 5.69 Å². The molecule has 0 bridgehead atoms. The van der Waals surface area contributed by atoms with E-state index < -0.39 is 0 Å². The Morgan fingerprint density at radius 2 is 2.07 bits per heavy atom. The number of nitrogens with one attached hydrogen (secondary N) is 1. The Morgan fingerprint density at radius 1 is 1.27 bits per heavy atom. The molecule has 0 saturated carbocycles. The Morgan fingerprint density at radius 3 is 2.67 bits per heavy atom. The van der Waals surface area contributed by atoms with Crippen LogP contribution in [0, 0.1) is 18.6 Å². The summed E-state index contributed by atoms with van der Waals surface area (Å²) in [6.07, 6.45) is 1.81. The lowest BCUT2D eigenvalue weighted by atomic mass is 10.2. The third kappa shape index (κ3) is 2.27. The van der Waals surface area contributed by atoms with Crippen molar-refractivity contribution in [1.29, 1.82) is 0 Å². The number of pyridine rings is 1. The van der Waals surface area contributed by atoms with Gasteiger partial charge >= 0.3 is 0 Å². The molecular formula is C11H11N3S. The average Bonchev–Trinajstić information content (AvgIpc) is 2.17. The van der Waals surface area contributed by atoms with Crippen molar-refractivity contribution in [3.63, 3.8) is 0 Å². The first-order valence-electron chi connectivity index (χ1n) is 4.66. The summed E-state index contributed by atoms with van der Waals surface area (Å²) in [5, 5.41) is 0. The van der Waals surface area contributed by atoms with Crippen molar-refractivity contribution >= 4 is 12.2 Å². The van der Waals surface area contributed by atoms with Crippen molar-refractivity contribution in [2.75, 3.05) is 0 Å². The van der Waals surface area contributed by atoms with Gasteiger partial charge in [0.15, 0.2) is 4.77 Å². The molecule has 0 aliphatic carbocycles. The predicted octanol–water partition coefficient (Wildman–Crippen LogP) is 2.82. The van der Waals surface area contributed by atoms with Crippen molar-refractivity contribution in [2.24, 2.45) is 0 Å². The lowest BCUT2D eigenvalue weighted by Crippen LogP contribution is -1.91. The third-order valence-corrected chi connectivity index (χ3v) is 2.28. The first-order valence-corrected chi connectivity index (χ1v) is 5.07. The molecule has 2 heterocycles. The second-order valence-electron chi connectivity index (χ2n) is 3.44. The van der Waals surface area contributed by atoms with Crippen LogP contribution in [0.25, 0.3) is 11.3 Å². The zero-order valence-electron chi connectivity index (χ0n) is 8.61. The first-order chi connectivity index (χ1) is 7.15. The summed E-state index contributed by atoms with van der Waals surface area (Å²) >= 11 is 5.03. The standard InChI is InChI=1S/C11H11N3S/c1-7-3-4-9(6-12-7)10-5-8(2)13-11(15)14-10/h3-6H,1-2H3,(H,13,14,15). The number of hydrogen-bond acceptors (Lipinski definition) is 3. The molecule has 0 aliphatic heterocycles. The molecule has 1 N–H and O–H groups in total. The second kappa shape index (κ2) is 3.90. The van der Waals surface area contributed by atoms with E-state index in [0.29, 0.717) is 4.77 Å². The number of aromatic amines is 1. The van der Waals surface area contributed by atoms with Crippen LogP contribution in [-0.4, -0.2) is 15.0 Å². The molecule has 0 saturated heterocycles. The Bertz CT molecular complexity index is 528. The van der Waals surface area contributed by atoms with Crippen LogP contribution in [0.3, 0.4) is 0 Å². The molecule has 0 radical (unpaired) electrons. The quantitative estimate of drug-likeness (QED) is 0.747. The fourth-order valence-electron chi connectivity index (χ4n) is 1.35. The first kappa shape index (κ1) is 9.98. The zero-order chi connectivity index (χ0) is 10.8. The van der Waals surface area contributed by atoms with E-state index in [0.717, 1.165) is 22.6 Å². The number of H-pyrrole nitrogens is 1. The molecule has 3 nitrogen and oxygen atoms in total. The minimum atomic E-state index is 0.505. The summed E-state index contributed by atoms with van der Waals surface area (Å²) < 4.78 is 0.505. The van der Waals surface area contributed by atoms with Crippen LogP contribution in [0.15, 0.2) is 24.4 Å². The van der Waals surface area contributed by atoms with Gasteiger partial charge in [-0.15, -0.1) is 0 Å². The summed E-state index contributed by atoms with van der Waals surface area (Å²) in [6, 6.07) is 5.92. The van der Waals surface area contributed by atoms with E-state index in [4.69, 9.17) is 12.2 Å². The van der Waals surface area contributed by atoms with E-state index in [2.05, 4.69) is 15.0 Å². The van der Waals surface area contributed by atoms with Crippen LogP contribution < -0.4 is 0 Å². The van der Waals surface area contributed by atoms with Gasteiger partial charge in [0.25, 0.3) is 0 Å². The molecule has 0 atom stereocenters. The molecule has 0 unspecified atom stereocenters. The molecule has 15 heavy (non-hydrogen) atoms. The van der Waals surface area contributed by atoms with Gasteiger partial charge in [0.1, 0.15) is 0 Å². The number of rotatable bonds is 1. The summed E-state index contributed by atoms with van der Waals surface area (Å²) in [5.74, 6) is 0. The Labute approximate surface area is 93.2 Å². The van der Waals surface area contributed by atoms with E-state index in [1.165, 1.54) is 0 Å². The summed E-state index contributed by atoms with van der Waals surface area (Å²) in [7, 11) is 0. The van der Waals surface area contributed by atoms with E-state index >= 15 is 0 Å². The van der Waals surface area contributed by atoms with Crippen molar-refractivity contribution in [3.8, 4) is 11.3 Å². The minimum absolute atomic E-state index is 0.505. The van der Waals surface area contributed by atoms with Crippen LogP contribution in [-0.2, 0) is 0 Å². The van der Waals surface area contributed by atoms with E-state index in [-0.39, 0.29) is 0 Å². The average molecular weight is 217 g/mol. The maximum Gasteiger partial charge on any atom is 0.197 e. The lowest BCUT2D eigenvalue weighted by molar-refractivity contribution is 1.07. The fourth-order valence-corrected chi connectivity index (χ4v) is 1.61. The number of nitrogens with zero attached hydrogens (tertiary/aromatic N) is 2. The second-order valence-corrected chi connectivity index (χ2v) is 3.83. The molecule has 2 aromatic heterocycles. The molecule has 0 amide bonds. The molecule has 0 fully saturated rings. The molecule has 0 aliphatic rings. The maximum absolute atomic E-state index is 5.03. The monoisotopic (exact) mass is 217 g/mol. The third-order valence-electron chi connectivity index (χ3n) is 2.09. The highest BCUT2D eigenvalue weighted by Crippen LogP contribution is 2.15. The van der Waals surface area contributed by atoms with E-state index in [1.54, 1.807) is 0 Å². The largest absolute Gasteiger partial charge is 0.335 e. The van der Waals surface area contributed by atoms with Gasteiger partial charge in [-0.3, -0.25) is 4.98 Å². The van der Waals surface area contributed by atoms with Gasteiger partial charge < -0.3 is 4.98 Å². The molecule has 2 rings (SSSR count). The predicted molar refractivity (Wildman–Crippen MR) is 62.1 cm³/mol. The van der Waals surface area contributed by atoms with Crippen molar-refractivity contribution in [1.82, 2.24) is 15.0 Å². The number of hydrogen-bond donors (Lipinski definition) is 1. The van der Waals surface area contributed by atoms with Gasteiger partial charge in [-0.25, -0.2) is 4.98 Å². The van der Waals surface area contributed by atoms with Gasteiger partial charge in [-0.05, 0) is 44.3 Å². The van der Waals surface area contributed by atoms with Gasteiger partial charge in [-0.2, -0.15) is 0 Å². The van der Waals surface area contributed by atoms with Gasteiger partial charge in [0, 0.05) is 23.1 Å². The summed E-state index contributed by atoms with van der Waals surface area (Å²) in [6.45, 7) is 3.92. The number of aromatic nitrogens is 3. The number of aryl methyl sites for hydroxylation is 2. The SMILES string of the molecule is Cc1ccc(-c2cc(C)[nH]c(=S)n2)cn1. The Kier molecular flexibility index (Phi) is 2.60.